The molecule has 162 valence electrons. The molecule has 1 aliphatic carbocycles. The third kappa shape index (κ3) is 4.20. The Morgan fingerprint density at radius 2 is 1.84 bits per heavy atom. The summed E-state index contributed by atoms with van der Waals surface area (Å²) in [4.78, 5) is 11.9. The fourth-order valence-corrected chi connectivity index (χ4v) is 4.04. The van der Waals surface area contributed by atoms with Gasteiger partial charge in [-0.3, -0.25) is 0 Å². The first kappa shape index (κ1) is 21.5. The van der Waals surface area contributed by atoms with Gasteiger partial charge in [-0.2, -0.15) is 0 Å². The van der Waals surface area contributed by atoms with Crippen molar-refractivity contribution in [1.82, 2.24) is 0 Å². The molecule has 0 radical (unpaired) electrons. The molecule has 3 aromatic rings. The van der Waals surface area contributed by atoms with Gasteiger partial charge in [0.1, 0.15) is 11.3 Å². The number of benzene rings is 3. The van der Waals surface area contributed by atoms with E-state index in [2.05, 4.69) is 24.0 Å². The van der Waals surface area contributed by atoms with Gasteiger partial charge in [0.2, 0.25) is 0 Å². The molecule has 0 amide bonds. The minimum Gasteiger partial charge on any atom is -0.503 e. The van der Waals surface area contributed by atoms with E-state index in [1.165, 1.54) is 18.9 Å². The number of aliphatic carboxylic acids is 1. The molecular weight excluding hydrogens is 400 g/mol. The second-order valence-corrected chi connectivity index (χ2v) is 8.06. The third-order valence-corrected chi connectivity index (χ3v) is 5.88. The lowest BCUT2D eigenvalue weighted by atomic mass is 9.92. The van der Waals surface area contributed by atoms with Crippen LogP contribution in [-0.2, 0) is 14.9 Å². The number of carbonyl (C=O) groups is 1. The summed E-state index contributed by atoms with van der Waals surface area (Å²) in [5.41, 5.74) is 3.63. The van der Waals surface area contributed by atoms with Gasteiger partial charge in [-0.15, -0.1) is 0 Å². The van der Waals surface area contributed by atoms with Crippen LogP contribution in [-0.4, -0.2) is 24.8 Å². The van der Waals surface area contributed by atoms with Crippen LogP contribution < -0.4 is 4.74 Å². The highest BCUT2D eigenvalue weighted by Gasteiger charge is 2.42. The van der Waals surface area contributed by atoms with Crippen LogP contribution in [0.1, 0.15) is 42.0 Å². The first-order chi connectivity index (χ1) is 15.5. The standard InChI is InChI=1S/C28H26O4/c1-4-32-23-11-9-22(10-12-23)28(15-16-28)14-13-20-6-8-21-7-5-19(2)26(24(21)17-20)25(18-31-3)27(29)30/h5-12,17-18H,4,15-16H2,1-3H3,(H,29,30). The number of rotatable bonds is 6. The van der Waals surface area contributed by atoms with Crippen LogP contribution in [0.3, 0.4) is 0 Å². The van der Waals surface area contributed by atoms with E-state index in [0.717, 1.165) is 40.5 Å². The Hall–Kier alpha value is -3.71. The topological polar surface area (TPSA) is 55.8 Å². The number of aryl methyl sites for hydroxylation is 1. The van der Waals surface area contributed by atoms with Crippen molar-refractivity contribution < 1.29 is 19.4 Å². The zero-order valence-corrected chi connectivity index (χ0v) is 18.6. The van der Waals surface area contributed by atoms with E-state index in [1.807, 2.05) is 56.3 Å². The van der Waals surface area contributed by atoms with E-state index in [9.17, 15) is 9.90 Å². The summed E-state index contributed by atoms with van der Waals surface area (Å²) in [7, 11) is 1.45. The predicted octanol–water partition coefficient (Wildman–Crippen LogP) is 5.70. The average Bonchev–Trinajstić information content (AvgIpc) is 3.58. The molecule has 4 nitrogen and oxygen atoms in total. The van der Waals surface area contributed by atoms with E-state index in [1.54, 1.807) is 0 Å². The van der Waals surface area contributed by atoms with Gasteiger partial charge in [-0.05, 0) is 72.9 Å². The number of carboxylic acids is 1. The summed E-state index contributed by atoms with van der Waals surface area (Å²) in [6.07, 6.45) is 3.35. The summed E-state index contributed by atoms with van der Waals surface area (Å²) in [5, 5.41) is 11.5. The van der Waals surface area contributed by atoms with Gasteiger partial charge in [0.25, 0.3) is 0 Å². The molecular formula is C28H26O4. The number of ether oxygens (including phenoxy) is 2. The maximum absolute atomic E-state index is 11.9. The van der Waals surface area contributed by atoms with Crippen molar-refractivity contribution in [3.8, 4) is 17.6 Å². The molecule has 0 atom stereocenters. The maximum Gasteiger partial charge on any atom is 0.339 e. The summed E-state index contributed by atoms with van der Waals surface area (Å²) < 4.78 is 10.6. The summed E-state index contributed by atoms with van der Waals surface area (Å²) in [5.74, 6) is 6.68. The van der Waals surface area contributed by atoms with Crippen LogP contribution in [0.25, 0.3) is 16.3 Å². The second kappa shape index (κ2) is 8.80. The number of hydrogen-bond donors (Lipinski definition) is 1. The van der Waals surface area contributed by atoms with Gasteiger partial charge in [0.15, 0.2) is 0 Å². The Kier molecular flexibility index (Phi) is 5.92. The SMILES string of the molecule is CCOc1ccc(C2(C#Cc3ccc4ccc(C)c(C(=COC)C(=O)O)c4c3)CC2)cc1. The number of hydrogen-bond acceptors (Lipinski definition) is 3. The maximum atomic E-state index is 11.9. The van der Waals surface area contributed by atoms with Crippen molar-refractivity contribution in [2.45, 2.75) is 32.1 Å². The van der Waals surface area contributed by atoms with E-state index >= 15 is 0 Å². The first-order valence-electron chi connectivity index (χ1n) is 10.7. The third-order valence-electron chi connectivity index (χ3n) is 5.88. The Balaban J connectivity index is 1.73. The second-order valence-electron chi connectivity index (χ2n) is 8.06. The zero-order valence-electron chi connectivity index (χ0n) is 18.6. The fraction of sp³-hybridized carbons (Fsp3) is 0.250. The lowest BCUT2D eigenvalue weighted by molar-refractivity contribution is -0.130. The summed E-state index contributed by atoms with van der Waals surface area (Å²) >= 11 is 0. The van der Waals surface area contributed by atoms with E-state index in [4.69, 9.17) is 9.47 Å². The van der Waals surface area contributed by atoms with Crippen molar-refractivity contribution in [2.24, 2.45) is 0 Å². The molecule has 4 heteroatoms. The molecule has 1 saturated carbocycles. The summed E-state index contributed by atoms with van der Waals surface area (Å²) in [6.45, 7) is 4.53. The molecule has 0 unspecified atom stereocenters. The first-order valence-corrected chi connectivity index (χ1v) is 10.7. The smallest absolute Gasteiger partial charge is 0.339 e. The van der Waals surface area contributed by atoms with Gasteiger partial charge in [-0.25, -0.2) is 4.79 Å². The molecule has 0 bridgehead atoms. The zero-order chi connectivity index (χ0) is 22.7. The largest absolute Gasteiger partial charge is 0.503 e. The van der Waals surface area contributed by atoms with Crippen molar-refractivity contribution in [3.05, 3.63) is 83.1 Å². The normalized spacial score (nSPS) is 14.4. The van der Waals surface area contributed by atoms with Crippen molar-refractivity contribution >= 4 is 22.3 Å². The number of methoxy groups -OCH3 is 1. The quantitative estimate of drug-likeness (QED) is 0.312. The predicted molar refractivity (Wildman–Crippen MR) is 127 cm³/mol. The lowest BCUT2D eigenvalue weighted by Crippen LogP contribution is -2.04. The van der Waals surface area contributed by atoms with Gasteiger partial charge in [-0.1, -0.05) is 42.2 Å². The highest BCUT2D eigenvalue weighted by molar-refractivity contribution is 6.19. The number of fused-ring (bicyclic) bond motifs is 1. The molecule has 1 aliphatic rings. The van der Waals surface area contributed by atoms with Crippen LogP contribution >= 0.6 is 0 Å². The monoisotopic (exact) mass is 426 g/mol. The average molecular weight is 427 g/mol. The molecule has 0 heterocycles. The Labute approximate surface area is 188 Å². The highest BCUT2D eigenvalue weighted by atomic mass is 16.5. The molecule has 0 aliphatic heterocycles. The molecule has 0 spiro atoms. The highest BCUT2D eigenvalue weighted by Crippen LogP contribution is 2.48. The molecule has 4 rings (SSSR count). The van der Waals surface area contributed by atoms with Crippen LogP contribution in [0.2, 0.25) is 0 Å². The minimum absolute atomic E-state index is 0.114. The molecule has 1 N–H and O–H groups in total. The van der Waals surface area contributed by atoms with Crippen molar-refractivity contribution in [1.29, 1.82) is 0 Å². The molecule has 0 saturated heterocycles. The minimum atomic E-state index is -1.02. The van der Waals surface area contributed by atoms with Crippen LogP contribution in [0, 0.1) is 18.8 Å². The van der Waals surface area contributed by atoms with Gasteiger partial charge in [0.05, 0.1) is 25.4 Å². The van der Waals surface area contributed by atoms with Crippen molar-refractivity contribution in [2.75, 3.05) is 13.7 Å². The molecule has 32 heavy (non-hydrogen) atoms. The van der Waals surface area contributed by atoms with E-state index in [-0.39, 0.29) is 11.0 Å². The van der Waals surface area contributed by atoms with Crippen LogP contribution in [0.4, 0.5) is 0 Å². The van der Waals surface area contributed by atoms with Crippen LogP contribution in [0.5, 0.6) is 5.75 Å². The molecule has 0 aromatic heterocycles. The Morgan fingerprint density at radius 3 is 2.47 bits per heavy atom. The lowest BCUT2D eigenvalue weighted by Gasteiger charge is -2.12. The Bertz CT molecular complexity index is 1250. The summed E-state index contributed by atoms with van der Waals surface area (Å²) in [6, 6.07) is 18.1. The molecule has 3 aromatic carbocycles. The van der Waals surface area contributed by atoms with Gasteiger partial charge in [0, 0.05) is 11.1 Å². The number of carboxylic acid groups (broad SMARTS) is 1. The Morgan fingerprint density at radius 1 is 1.12 bits per heavy atom. The van der Waals surface area contributed by atoms with Crippen molar-refractivity contribution in [3.63, 3.8) is 0 Å². The van der Waals surface area contributed by atoms with E-state index in [0.29, 0.717) is 12.2 Å². The van der Waals surface area contributed by atoms with Crippen LogP contribution in [0.15, 0.2) is 60.9 Å². The van der Waals surface area contributed by atoms with Gasteiger partial charge >= 0.3 is 5.97 Å². The van der Waals surface area contributed by atoms with E-state index < -0.39 is 5.97 Å². The van der Waals surface area contributed by atoms with Gasteiger partial charge < -0.3 is 14.6 Å². The fourth-order valence-electron chi connectivity index (χ4n) is 4.04. The molecule has 1 fully saturated rings.